The number of aromatic nitrogens is 1. The van der Waals surface area contributed by atoms with Crippen LogP contribution in [0, 0.1) is 5.82 Å². The third kappa shape index (κ3) is 5.28. The van der Waals surface area contributed by atoms with Crippen LogP contribution in [0.1, 0.15) is 47.8 Å². The van der Waals surface area contributed by atoms with Crippen LogP contribution < -0.4 is 0 Å². The van der Waals surface area contributed by atoms with Gasteiger partial charge in [-0.25, -0.2) is 4.39 Å². The van der Waals surface area contributed by atoms with E-state index >= 15 is 0 Å². The molecule has 1 heterocycles. The molecule has 3 aromatic carbocycles. The third-order valence-corrected chi connectivity index (χ3v) is 6.22. The van der Waals surface area contributed by atoms with Gasteiger partial charge in [-0.3, -0.25) is 4.79 Å². The van der Waals surface area contributed by atoms with Crippen LogP contribution in [0.25, 0.3) is 10.9 Å². The molecule has 4 aromatic rings. The summed E-state index contributed by atoms with van der Waals surface area (Å²) in [6.45, 7) is 7.54. The molecule has 0 aliphatic rings. The van der Waals surface area contributed by atoms with Gasteiger partial charge in [0.1, 0.15) is 5.82 Å². The summed E-state index contributed by atoms with van der Waals surface area (Å²) in [4.78, 5) is 18.5. The molecule has 0 aliphatic carbocycles. The summed E-state index contributed by atoms with van der Waals surface area (Å²) in [6.07, 6.45) is 2.35. The maximum Gasteiger partial charge on any atom is 0.256 e. The summed E-state index contributed by atoms with van der Waals surface area (Å²) in [5.41, 5.74) is 4.47. The molecule has 0 saturated carbocycles. The van der Waals surface area contributed by atoms with E-state index in [0.29, 0.717) is 41.0 Å². The van der Waals surface area contributed by atoms with Crippen molar-refractivity contribution < 1.29 is 9.18 Å². The van der Waals surface area contributed by atoms with Gasteiger partial charge in [0.05, 0.1) is 11.1 Å². The predicted octanol–water partition coefficient (Wildman–Crippen LogP) is 7.14. The van der Waals surface area contributed by atoms with E-state index in [9.17, 15) is 9.18 Å². The minimum absolute atomic E-state index is 0.0654. The highest BCUT2D eigenvalue weighted by atomic mass is 35.5. The zero-order chi connectivity index (χ0) is 23.6. The normalized spacial score (nSPS) is 11.7. The number of nitrogens with zero attached hydrogens (tertiary/aromatic N) is 1. The van der Waals surface area contributed by atoms with Crippen LogP contribution in [0.2, 0.25) is 5.02 Å². The number of nitrogens with one attached hydrogen (secondary N) is 1. The molecular formula is C28H28ClFN2O. The molecule has 1 N–H and O–H groups in total. The Balaban J connectivity index is 1.62. The van der Waals surface area contributed by atoms with Crippen molar-refractivity contribution in [3.63, 3.8) is 0 Å². The maximum absolute atomic E-state index is 14.2. The summed E-state index contributed by atoms with van der Waals surface area (Å²) >= 11 is 6.02. The van der Waals surface area contributed by atoms with Crippen LogP contribution in [0.4, 0.5) is 4.39 Å². The van der Waals surface area contributed by atoms with Crippen molar-refractivity contribution in [3.05, 3.63) is 106 Å². The number of carbonyl (C=O) groups is 1. The number of H-pyrrole nitrogens is 1. The molecule has 0 fully saturated rings. The second-order valence-corrected chi connectivity index (χ2v) is 9.85. The number of hydrogen-bond acceptors (Lipinski definition) is 1. The van der Waals surface area contributed by atoms with Crippen molar-refractivity contribution in [1.82, 2.24) is 9.88 Å². The fourth-order valence-corrected chi connectivity index (χ4v) is 4.09. The van der Waals surface area contributed by atoms with Gasteiger partial charge in [-0.2, -0.15) is 0 Å². The first-order valence-electron chi connectivity index (χ1n) is 11.1. The fourth-order valence-electron chi connectivity index (χ4n) is 3.97. The number of rotatable bonds is 6. The highest BCUT2D eigenvalue weighted by Gasteiger charge is 2.21. The first-order valence-corrected chi connectivity index (χ1v) is 11.5. The first-order chi connectivity index (χ1) is 15.7. The molecule has 0 unspecified atom stereocenters. The second kappa shape index (κ2) is 9.40. The lowest BCUT2D eigenvalue weighted by Crippen LogP contribution is -2.32. The van der Waals surface area contributed by atoms with Gasteiger partial charge in [0.25, 0.3) is 5.91 Å². The van der Waals surface area contributed by atoms with Gasteiger partial charge in [0, 0.05) is 29.7 Å². The van der Waals surface area contributed by atoms with E-state index in [4.69, 9.17) is 11.6 Å². The largest absolute Gasteiger partial charge is 0.360 e. The molecule has 5 heteroatoms. The van der Waals surface area contributed by atoms with E-state index in [2.05, 4.69) is 50.0 Å². The number of carbonyl (C=O) groups excluding carboxylic acids is 1. The monoisotopic (exact) mass is 462 g/mol. The molecule has 3 nitrogen and oxygen atoms in total. The molecule has 0 aliphatic heterocycles. The molecule has 0 radical (unpaired) electrons. The number of hydrogen-bond donors (Lipinski definition) is 1. The Morgan fingerprint density at radius 2 is 1.61 bits per heavy atom. The van der Waals surface area contributed by atoms with Gasteiger partial charge >= 0.3 is 0 Å². The quantitative estimate of drug-likeness (QED) is 0.324. The molecule has 33 heavy (non-hydrogen) atoms. The Morgan fingerprint density at radius 1 is 0.939 bits per heavy atom. The zero-order valence-corrected chi connectivity index (χ0v) is 19.9. The molecule has 170 valence electrons. The topological polar surface area (TPSA) is 36.1 Å². The van der Waals surface area contributed by atoms with Crippen LogP contribution in [0.5, 0.6) is 0 Å². The van der Waals surface area contributed by atoms with Gasteiger partial charge in [0.15, 0.2) is 0 Å². The molecule has 0 atom stereocenters. The number of amides is 1. The average molecular weight is 463 g/mol. The molecule has 4 rings (SSSR count). The number of benzene rings is 3. The lowest BCUT2D eigenvalue weighted by atomic mass is 9.87. The number of aromatic amines is 1. The molecule has 1 amide bonds. The van der Waals surface area contributed by atoms with Crippen molar-refractivity contribution in [2.75, 3.05) is 6.54 Å². The summed E-state index contributed by atoms with van der Waals surface area (Å²) in [7, 11) is 0. The second-order valence-electron chi connectivity index (χ2n) is 9.41. The van der Waals surface area contributed by atoms with Gasteiger partial charge in [-0.05, 0) is 58.9 Å². The van der Waals surface area contributed by atoms with E-state index in [1.165, 1.54) is 11.6 Å². The van der Waals surface area contributed by atoms with Crippen LogP contribution >= 0.6 is 11.6 Å². The van der Waals surface area contributed by atoms with E-state index in [1.54, 1.807) is 18.3 Å². The zero-order valence-electron chi connectivity index (χ0n) is 19.2. The molecule has 0 spiro atoms. The summed E-state index contributed by atoms with van der Waals surface area (Å²) in [6, 6.07) is 20.7. The molecule has 1 aromatic heterocycles. The van der Waals surface area contributed by atoms with Crippen LogP contribution in [0.15, 0.2) is 72.9 Å². The predicted molar refractivity (Wildman–Crippen MR) is 133 cm³/mol. The van der Waals surface area contributed by atoms with Crippen molar-refractivity contribution in [2.45, 2.75) is 39.2 Å². The lowest BCUT2D eigenvalue weighted by Gasteiger charge is -2.24. The average Bonchev–Trinajstić information content (AvgIpc) is 3.28. The van der Waals surface area contributed by atoms with Crippen molar-refractivity contribution in [1.29, 1.82) is 0 Å². The Kier molecular flexibility index (Phi) is 6.57. The van der Waals surface area contributed by atoms with Crippen molar-refractivity contribution in [3.8, 4) is 0 Å². The molecular weight excluding hydrogens is 435 g/mol. The Labute approximate surface area is 199 Å². The van der Waals surface area contributed by atoms with Gasteiger partial charge < -0.3 is 9.88 Å². The van der Waals surface area contributed by atoms with Crippen molar-refractivity contribution in [2.24, 2.45) is 0 Å². The Morgan fingerprint density at radius 3 is 2.27 bits per heavy atom. The van der Waals surface area contributed by atoms with Gasteiger partial charge in [0.2, 0.25) is 0 Å². The standard InChI is InChI=1S/C28H28ClFN2O/c1-28(2,3)21-8-4-20(5-9-21)18-32(17-15-19-6-10-22(29)11-7-19)27(33)24-12-13-25(30)23-14-16-31-26(23)24/h4-14,16,31H,15,17-18H2,1-3H3. The minimum Gasteiger partial charge on any atom is -0.360 e. The fraction of sp³-hybridized carbons (Fsp3) is 0.250. The summed E-state index contributed by atoms with van der Waals surface area (Å²) < 4.78 is 14.2. The summed E-state index contributed by atoms with van der Waals surface area (Å²) in [5.74, 6) is -0.468. The van der Waals surface area contributed by atoms with Gasteiger partial charge in [-0.15, -0.1) is 0 Å². The van der Waals surface area contributed by atoms with E-state index < -0.39 is 0 Å². The smallest absolute Gasteiger partial charge is 0.256 e. The number of fused-ring (bicyclic) bond motifs is 1. The molecule has 0 bridgehead atoms. The molecule has 0 saturated heterocycles. The first kappa shape index (κ1) is 23.1. The van der Waals surface area contributed by atoms with E-state index in [-0.39, 0.29) is 17.1 Å². The van der Waals surface area contributed by atoms with Crippen LogP contribution in [0.3, 0.4) is 0 Å². The lowest BCUT2D eigenvalue weighted by molar-refractivity contribution is 0.0747. The van der Waals surface area contributed by atoms with Crippen LogP contribution in [-0.4, -0.2) is 22.3 Å². The van der Waals surface area contributed by atoms with Gasteiger partial charge in [-0.1, -0.05) is 68.8 Å². The van der Waals surface area contributed by atoms with Crippen LogP contribution in [-0.2, 0) is 18.4 Å². The van der Waals surface area contributed by atoms with E-state index in [1.807, 2.05) is 29.2 Å². The third-order valence-electron chi connectivity index (χ3n) is 5.96. The minimum atomic E-state index is -0.340. The SMILES string of the molecule is CC(C)(C)c1ccc(CN(CCc2ccc(Cl)cc2)C(=O)c2ccc(F)c3cc[nH]c23)cc1. The highest BCUT2D eigenvalue weighted by Crippen LogP contribution is 2.25. The number of halogens is 2. The maximum atomic E-state index is 14.2. The summed E-state index contributed by atoms with van der Waals surface area (Å²) in [5, 5.41) is 1.11. The van der Waals surface area contributed by atoms with Crippen molar-refractivity contribution >= 4 is 28.4 Å². The Bertz CT molecular complexity index is 1250. The Hall–Kier alpha value is -3.11. The van der Waals surface area contributed by atoms with E-state index in [0.717, 1.165) is 11.1 Å². The highest BCUT2D eigenvalue weighted by molar-refractivity contribution is 6.30.